The lowest BCUT2D eigenvalue weighted by molar-refractivity contribution is 0.282. The van der Waals surface area contributed by atoms with Crippen molar-refractivity contribution in [1.82, 2.24) is 4.98 Å². The van der Waals surface area contributed by atoms with Gasteiger partial charge in [-0.25, -0.2) is 4.98 Å². The Kier molecular flexibility index (Phi) is 7.16. The lowest BCUT2D eigenvalue weighted by Crippen LogP contribution is -1.91. The first kappa shape index (κ1) is 31.5. The number of furan rings is 1. The average Bonchev–Trinajstić information content (AvgIpc) is 3.60. The highest BCUT2D eigenvalue weighted by Gasteiger charge is 2.17. The Labute approximate surface area is 317 Å². The Bertz CT molecular complexity index is 3230. The lowest BCUT2D eigenvalue weighted by Gasteiger charge is -2.18. The van der Waals surface area contributed by atoms with Crippen LogP contribution in [0, 0.1) is 0 Å². The molecule has 0 amide bonds. The number of aromatic nitrogens is 1. The van der Waals surface area contributed by atoms with E-state index in [9.17, 15) is 5.11 Å². The van der Waals surface area contributed by atoms with E-state index in [-0.39, 0.29) is 6.61 Å². The fourth-order valence-electron chi connectivity index (χ4n) is 8.45. The van der Waals surface area contributed by atoms with E-state index in [0.29, 0.717) is 5.71 Å². The average molecular weight is 704 g/mol. The van der Waals surface area contributed by atoms with Crippen molar-refractivity contribution in [3.63, 3.8) is 0 Å². The third-order valence-electron chi connectivity index (χ3n) is 11.2. The molecule has 0 atom stereocenters. The Morgan fingerprint density at radius 1 is 0.382 bits per heavy atom. The fraction of sp³-hybridized carbons (Fsp3) is 0.0192. The first-order valence-corrected chi connectivity index (χ1v) is 18.7. The van der Waals surface area contributed by atoms with Crippen molar-refractivity contribution in [3.05, 3.63) is 188 Å². The molecule has 3 nitrogen and oxygen atoms in total. The van der Waals surface area contributed by atoms with Crippen LogP contribution >= 0.6 is 0 Å². The summed E-state index contributed by atoms with van der Waals surface area (Å²) in [6.07, 6.45) is 0. The second kappa shape index (κ2) is 12.5. The van der Waals surface area contributed by atoms with Crippen LogP contribution in [0.1, 0.15) is 5.56 Å². The van der Waals surface area contributed by atoms with Gasteiger partial charge < -0.3 is 9.52 Å². The SMILES string of the molecule is OCc1ccc2c(c1)oc1nc3cc(-c4ccc(-c5c6ccccc6c(-c6ccc(-c7ccc8ccccc8c7)cc6)c6ccccc56)cc4)ccc3cc12. The number of hydrogen-bond donors (Lipinski definition) is 1. The smallest absolute Gasteiger partial charge is 0.227 e. The van der Waals surface area contributed by atoms with Gasteiger partial charge in [0.25, 0.3) is 0 Å². The van der Waals surface area contributed by atoms with Crippen LogP contribution in [0.15, 0.2) is 186 Å². The first-order valence-electron chi connectivity index (χ1n) is 18.7. The molecular formula is C52H33NO2. The van der Waals surface area contributed by atoms with Crippen molar-refractivity contribution in [3.8, 4) is 44.5 Å². The van der Waals surface area contributed by atoms with E-state index in [0.717, 1.165) is 43.9 Å². The third kappa shape index (κ3) is 5.20. The summed E-state index contributed by atoms with van der Waals surface area (Å²) in [6, 6.07) is 65.3. The molecule has 0 aliphatic rings. The summed E-state index contributed by atoms with van der Waals surface area (Å²) in [6.45, 7) is -0.0233. The number of rotatable bonds is 5. The van der Waals surface area contributed by atoms with Gasteiger partial charge in [0.1, 0.15) is 5.58 Å². The molecule has 0 bridgehead atoms. The van der Waals surface area contributed by atoms with Crippen LogP contribution in [0.4, 0.5) is 0 Å². The molecule has 0 aliphatic carbocycles. The largest absolute Gasteiger partial charge is 0.438 e. The van der Waals surface area contributed by atoms with Crippen molar-refractivity contribution >= 4 is 65.3 Å². The molecule has 258 valence electrons. The molecule has 0 aliphatic heterocycles. The number of hydrogen-bond acceptors (Lipinski definition) is 3. The molecule has 3 heteroatoms. The maximum absolute atomic E-state index is 9.60. The van der Waals surface area contributed by atoms with E-state index >= 15 is 0 Å². The van der Waals surface area contributed by atoms with Gasteiger partial charge in [-0.1, -0.05) is 158 Å². The summed E-state index contributed by atoms with van der Waals surface area (Å²) in [5.41, 5.74) is 12.6. The quantitative estimate of drug-likeness (QED) is 0.182. The van der Waals surface area contributed by atoms with Crippen LogP contribution in [-0.2, 0) is 6.61 Å². The Hall–Kier alpha value is -7.07. The van der Waals surface area contributed by atoms with Gasteiger partial charge in [-0.3, -0.25) is 0 Å². The highest BCUT2D eigenvalue weighted by atomic mass is 16.3. The number of aliphatic hydroxyl groups excluding tert-OH is 1. The van der Waals surface area contributed by atoms with Gasteiger partial charge in [-0.05, 0) is 107 Å². The predicted molar refractivity (Wildman–Crippen MR) is 229 cm³/mol. The van der Waals surface area contributed by atoms with Gasteiger partial charge in [0.05, 0.1) is 12.1 Å². The van der Waals surface area contributed by atoms with Gasteiger partial charge in [0.15, 0.2) is 0 Å². The number of nitrogens with zero attached hydrogens (tertiary/aromatic N) is 1. The van der Waals surface area contributed by atoms with E-state index < -0.39 is 0 Å². The summed E-state index contributed by atoms with van der Waals surface area (Å²) in [5.74, 6) is 0. The monoisotopic (exact) mass is 703 g/mol. The predicted octanol–water partition coefficient (Wildman–Crippen LogP) is 13.8. The Morgan fingerprint density at radius 3 is 1.49 bits per heavy atom. The molecular weight excluding hydrogens is 671 g/mol. The van der Waals surface area contributed by atoms with Gasteiger partial charge in [-0.2, -0.15) is 0 Å². The molecule has 11 rings (SSSR count). The molecule has 0 spiro atoms. The van der Waals surface area contributed by atoms with Gasteiger partial charge in [-0.15, -0.1) is 0 Å². The van der Waals surface area contributed by atoms with Crippen LogP contribution < -0.4 is 0 Å². The van der Waals surface area contributed by atoms with E-state index in [1.165, 1.54) is 65.7 Å². The zero-order valence-electron chi connectivity index (χ0n) is 29.8. The van der Waals surface area contributed by atoms with Crippen molar-refractivity contribution in [2.24, 2.45) is 0 Å². The fourth-order valence-corrected chi connectivity index (χ4v) is 8.45. The Morgan fingerprint density at radius 2 is 0.891 bits per heavy atom. The van der Waals surface area contributed by atoms with E-state index in [2.05, 4.69) is 164 Å². The summed E-state index contributed by atoms with van der Waals surface area (Å²) in [7, 11) is 0. The number of fused-ring (bicyclic) bond motifs is 7. The number of benzene rings is 9. The molecule has 9 aromatic carbocycles. The first-order chi connectivity index (χ1) is 27.2. The van der Waals surface area contributed by atoms with Gasteiger partial charge >= 0.3 is 0 Å². The molecule has 2 heterocycles. The van der Waals surface area contributed by atoms with Crippen LogP contribution in [0.25, 0.3) is 110 Å². The zero-order chi connectivity index (χ0) is 36.5. The highest BCUT2D eigenvalue weighted by molar-refractivity contribution is 6.21. The molecule has 0 radical (unpaired) electrons. The molecule has 1 N–H and O–H groups in total. The van der Waals surface area contributed by atoms with Crippen molar-refractivity contribution < 1.29 is 9.52 Å². The van der Waals surface area contributed by atoms with Crippen LogP contribution in [0.5, 0.6) is 0 Å². The maximum atomic E-state index is 9.60. The summed E-state index contributed by atoms with van der Waals surface area (Å²) >= 11 is 0. The van der Waals surface area contributed by atoms with Crippen molar-refractivity contribution in [2.75, 3.05) is 0 Å². The molecule has 0 unspecified atom stereocenters. The van der Waals surface area contributed by atoms with Gasteiger partial charge in [0.2, 0.25) is 5.71 Å². The normalized spacial score (nSPS) is 11.8. The molecule has 0 saturated carbocycles. The number of aliphatic hydroxyl groups is 1. The molecule has 0 fully saturated rings. The van der Waals surface area contributed by atoms with Gasteiger partial charge in [0, 0.05) is 16.2 Å². The van der Waals surface area contributed by atoms with Crippen LogP contribution in [0.3, 0.4) is 0 Å². The third-order valence-corrected chi connectivity index (χ3v) is 11.2. The van der Waals surface area contributed by atoms with Crippen molar-refractivity contribution in [1.29, 1.82) is 0 Å². The molecule has 0 saturated heterocycles. The summed E-state index contributed by atoms with van der Waals surface area (Å²) in [5, 5.41) is 20.1. The second-order valence-corrected chi connectivity index (χ2v) is 14.4. The highest BCUT2D eigenvalue weighted by Crippen LogP contribution is 2.44. The van der Waals surface area contributed by atoms with Crippen LogP contribution in [-0.4, -0.2) is 10.1 Å². The number of pyridine rings is 1. The molecule has 2 aromatic heterocycles. The standard InChI is InChI=1S/C52H33NO2/c54-31-32-13-26-42-47-29-41-25-24-40(30-48(41)53-52(47)55-49(42)27-32)35-16-21-37(22-17-35)51-45-11-5-3-9-43(45)50(44-10-4-6-12-46(44)51)36-19-14-34(15-20-36)39-23-18-33-7-1-2-8-38(33)28-39/h1-30,54H,31H2. The molecule has 55 heavy (non-hydrogen) atoms. The minimum Gasteiger partial charge on any atom is -0.438 e. The summed E-state index contributed by atoms with van der Waals surface area (Å²) < 4.78 is 6.13. The second-order valence-electron chi connectivity index (χ2n) is 14.4. The van der Waals surface area contributed by atoms with Crippen molar-refractivity contribution in [2.45, 2.75) is 6.61 Å². The van der Waals surface area contributed by atoms with E-state index in [1.807, 2.05) is 18.2 Å². The van der Waals surface area contributed by atoms with E-state index in [1.54, 1.807) is 0 Å². The Balaban J connectivity index is 0.982. The summed E-state index contributed by atoms with van der Waals surface area (Å²) in [4.78, 5) is 4.93. The maximum Gasteiger partial charge on any atom is 0.227 e. The topological polar surface area (TPSA) is 46.3 Å². The van der Waals surface area contributed by atoms with Crippen LogP contribution in [0.2, 0.25) is 0 Å². The lowest BCUT2D eigenvalue weighted by atomic mass is 9.85. The minimum atomic E-state index is -0.0233. The molecule has 11 aromatic rings. The van der Waals surface area contributed by atoms with E-state index in [4.69, 9.17) is 9.40 Å². The zero-order valence-corrected chi connectivity index (χ0v) is 29.8. The minimum absolute atomic E-state index is 0.0233.